The molecule has 1 saturated heterocycles. The Kier molecular flexibility index (Phi) is 3.06. The number of hydrogen-bond acceptors (Lipinski definition) is 2. The SMILES string of the molecule is C=C(C)C1OC1OCC(F)(F)C(F)(F)F. The van der Waals surface area contributed by atoms with Gasteiger partial charge < -0.3 is 9.47 Å². The third-order valence-electron chi connectivity index (χ3n) is 1.78. The lowest BCUT2D eigenvalue weighted by atomic mass is 10.2. The highest BCUT2D eigenvalue weighted by atomic mass is 19.4. The van der Waals surface area contributed by atoms with Gasteiger partial charge in [0.25, 0.3) is 0 Å². The van der Waals surface area contributed by atoms with Crippen molar-refractivity contribution in [3.8, 4) is 0 Å². The molecule has 2 unspecified atom stereocenters. The molecule has 0 aromatic rings. The van der Waals surface area contributed by atoms with Crippen LogP contribution in [0, 0.1) is 0 Å². The van der Waals surface area contributed by atoms with Crippen LogP contribution in [0.15, 0.2) is 12.2 Å². The van der Waals surface area contributed by atoms with Gasteiger partial charge in [0.2, 0.25) is 0 Å². The van der Waals surface area contributed by atoms with Crippen LogP contribution in [0.3, 0.4) is 0 Å². The van der Waals surface area contributed by atoms with Crippen molar-refractivity contribution in [2.75, 3.05) is 6.61 Å². The lowest BCUT2D eigenvalue weighted by Gasteiger charge is -2.18. The normalized spacial score (nSPS) is 26.5. The molecule has 0 radical (unpaired) electrons. The van der Waals surface area contributed by atoms with Crippen LogP contribution in [0.2, 0.25) is 0 Å². The molecule has 15 heavy (non-hydrogen) atoms. The van der Waals surface area contributed by atoms with Crippen molar-refractivity contribution in [3.05, 3.63) is 12.2 Å². The standard InChI is InChI=1S/C8H9F5O2/c1-4(2)5-6(15-5)14-3-7(9,10)8(11,12)13/h5-6H,1,3H2,2H3. The molecule has 2 atom stereocenters. The molecule has 0 aromatic heterocycles. The van der Waals surface area contributed by atoms with E-state index in [2.05, 4.69) is 16.1 Å². The zero-order valence-electron chi connectivity index (χ0n) is 7.78. The first kappa shape index (κ1) is 12.4. The van der Waals surface area contributed by atoms with Gasteiger partial charge in [-0.1, -0.05) is 6.58 Å². The minimum Gasteiger partial charge on any atom is -0.343 e. The first-order chi connectivity index (χ1) is 6.65. The summed E-state index contributed by atoms with van der Waals surface area (Å²) in [6.45, 7) is 3.28. The van der Waals surface area contributed by atoms with E-state index in [1.54, 1.807) is 6.92 Å². The molecule has 1 fully saturated rings. The predicted octanol–water partition coefficient (Wildman–Crippen LogP) is 2.50. The molecule has 7 heteroatoms. The van der Waals surface area contributed by atoms with Crippen molar-refractivity contribution in [2.24, 2.45) is 0 Å². The summed E-state index contributed by atoms with van der Waals surface area (Å²) in [4.78, 5) is 0. The van der Waals surface area contributed by atoms with Crippen LogP contribution in [0.4, 0.5) is 22.0 Å². The molecule has 0 saturated carbocycles. The first-order valence-electron chi connectivity index (χ1n) is 4.02. The Balaban J connectivity index is 2.36. The Morgan fingerprint density at radius 3 is 2.20 bits per heavy atom. The Morgan fingerprint density at radius 1 is 1.33 bits per heavy atom. The Morgan fingerprint density at radius 2 is 1.87 bits per heavy atom. The van der Waals surface area contributed by atoms with Crippen molar-refractivity contribution in [2.45, 2.75) is 31.4 Å². The summed E-state index contributed by atoms with van der Waals surface area (Å²) in [6, 6.07) is 0. The minimum atomic E-state index is -5.60. The summed E-state index contributed by atoms with van der Waals surface area (Å²) in [5.74, 6) is -4.85. The third kappa shape index (κ3) is 2.88. The molecule has 88 valence electrons. The van der Waals surface area contributed by atoms with E-state index in [0.717, 1.165) is 0 Å². The van der Waals surface area contributed by atoms with Gasteiger partial charge in [-0.25, -0.2) is 0 Å². The number of halogens is 5. The average Bonchev–Trinajstić information content (AvgIpc) is 2.77. The van der Waals surface area contributed by atoms with E-state index in [0.29, 0.717) is 5.57 Å². The quantitative estimate of drug-likeness (QED) is 0.422. The highest BCUT2D eigenvalue weighted by Crippen LogP contribution is 2.37. The monoisotopic (exact) mass is 232 g/mol. The van der Waals surface area contributed by atoms with E-state index < -0.39 is 31.1 Å². The first-order valence-corrected chi connectivity index (χ1v) is 4.02. The molecule has 0 bridgehead atoms. The molecule has 1 aliphatic rings. The summed E-state index contributed by atoms with van der Waals surface area (Å²) in [7, 11) is 0. The Bertz CT molecular complexity index is 260. The molecule has 0 spiro atoms. The summed E-state index contributed by atoms with van der Waals surface area (Å²) < 4.78 is 68.6. The van der Waals surface area contributed by atoms with Crippen LogP contribution in [0.25, 0.3) is 0 Å². The largest absolute Gasteiger partial charge is 0.455 e. The zero-order chi connectivity index (χ0) is 11.9. The molecule has 0 N–H and O–H groups in total. The lowest BCUT2D eigenvalue weighted by Crippen LogP contribution is -2.41. The number of epoxide rings is 1. The highest BCUT2D eigenvalue weighted by molar-refractivity contribution is 5.07. The van der Waals surface area contributed by atoms with Gasteiger partial charge in [0.05, 0.1) is 0 Å². The highest BCUT2D eigenvalue weighted by Gasteiger charge is 2.59. The predicted molar refractivity (Wildman–Crippen MR) is 40.4 cm³/mol. The molecule has 0 aromatic carbocycles. The van der Waals surface area contributed by atoms with Crippen molar-refractivity contribution in [1.82, 2.24) is 0 Å². The van der Waals surface area contributed by atoms with E-state index in [4.69, 9.17) is 0 Å². The van der Waals surface area contributed by atoms with E-state index >= 15 is 0 Å². The maximum Gasteiger partial charge on any atom is 0.455 e. The van der Waals surface area contributed by atoms with E-state index in [1.165, 1.54) is 0 Å². The molecule has 1 aliphatic heterocycles. The molecule has 0 amide bonds. The Hall–Kier alpha value is -0.690. The second kappa shape index (κ2) is 3.71. The van der Waals surface area contributed by atoms with Crippen molar-refractivity contribution >= 4 is 0 Å². The van der Waals surface area contributed by atoms with Crippen LogP contribution in [0.1, 0.15) is 6.92 Å². The lowest BCUT2D eigenvalue weighted by molar-refractivity contribution is -0.299. The van der Waals surface area contributed by atoms with Crippen LogP contribution >= 0.6 is 0 Å². The molecule has 1 rings (SSSR count). The number of alkyl halides is 5. The molecule has 0 aliphatic carbocycles. The van der Waals surface area contributed by atoms with Gasteiger partial charge in [0, 0.05) is 0 Å². The minimum absolute atomic E-state index is 0.523. The van der Waals surface area contributed by atoms with Crippen LogP contribution in [-0.4, -0.2) is 31.1 Å². The number of hydrogen-bond donors (Lipinski definition) is 0. The second-order valence-corrected chi connectivity index (χ2v) is 3.28. The van der Waals surface area contributed by atoms with Crippen molar-refractivity contribution in [3.63, 3.8) is 0 Å². The maximum absolute atomic E-state index is 12.3. The average molecular weight is 232 g/mol. The summed E-state index contributed by atoms with van der Waals surface area (Å²) >= 11 is 0. The zero-order valence-corrected chi connectivity index (χ0v) is 7.78. The number of rotatable bonds is 4. The molecule has 1 heterocycles. The fourth-order valence-corrected chi connectivity index (χ4v) is 0.843. The number of ether oxygens (including phenoxy) is 2. The molecular weight excluding hydrogens is 223 g/mol. The van der Waals surface area contributed by atoms with Gasteiger partial charge in [-0.3, -0.25) is 0 Å². The van der Waals surface area contributed by atoms with Gasteiger partial charge in [0.15, 0.2) is 6.29 Å². The molecular formula is C8H9F5O2. The second-order valence-electron chi connectivity index (χ2n) is 3.28. The summed E-state index contributed by atoms with van der Waals surface area (Å²) in [5, 5.41) is 0. The third-order valence-corrected chi connectivity index (χ3v) is 1.78. The molecule has 2 nitrogen and oxygen atoms in total. The van der Waals surface area contributed by atoms with Gasteiger partial charge >= 0.3 is 12.1 Å². The summed E-state index contributed by atoms with van der Waals surface area (Å²) in [6.07, 6.45) is -7.20. The van der Waals surface area contributed by atoms with Gasteiger partial charge in [-0.05, 0) is 12.5 Å². The van der Waals surface area contributed by atoms with E-state index in [1.807, 2.05) is 0 Å². The summed E-state index contributed by atoms with van der Waals surface area (Å²) in [5.41, 5.74) is 0.523. The van der Waals surface area contributed by atoms with Crippen molar-refractivity contribution < 1.29 is 31.4 Å². The van der Waals surface area contributed by atoms with Crippen LogP contribution in [0.5, 0.6) is 0 Å². The van der Waals surface area contributed by atoms with Gasteiger partial charge in [-0.15, -0.1) is 0 Å². The smallest absolute Gasteiger partial charge is 0.343 e. The fraction of sp³-hybridized carbons (Fsp3) is 0.750. The Labute approximate surface area is 82.7 Å². The van der Waals surface area contributed by atoms with E-state index in [9.17, 15) is 22.0 Å². The van der Waals surface area contributed by atoms with Crippen LogP contribution in [-0.2, 0) is 9.47 Å². The topological polar surface area (TPSA) is 21.8 Å². The fourth-order valence-electron chi connectivity index (χ4n) is 0.843. The van der Waals surface area contributed by atoms with Gasteiger partial charge in [0.1, 0.15) is 12.7 Å². The van der Waals surface area contributed by atoms with Gasteiger partial charge in [-0.2, -0.15) is 22.0 Å². The van der Waals surface area contributed by atoms with Crippen LogP contribution < -0.4 is 0 Å². The maximum atomic E-state index is 12.3. The van der Waals surface area contributed by atoms with E-state index in [-0.39, 0.29) is 0 Å². The van der Waals surface area contributed by atoms with Crippen molar-refractivity contribution in [1.29, 1.82) is 0 Å².